The predicted molar refractivity (Wildman–Crippen MR) is 173 cm³/mol. The number of aromatic amines is 1. The van der Waals surface area contributed by atoms with Crippen molar-refractivity contribution in [1.29, 1.82) is 0 Å². The van der Waals surface area contributed by atoms with E-state index >= 15 is 0 Å². The summed E-state index contributed by atoms with van der Waals surface area (Å²) in [6.45, 7) is 6.97. The van der Waals surface area contributed by atoms with Gasteiger partial charge in [0.05, 0.1) is 41.7 Å². The predicted octanol–water partition coefficient (Wildman–Crippen LogP) is 3.81. The number of aliphatic imine (C=N–C) groups is 1. The van der Waals surface area contributed by atoms with Crippen molar-refractivity contribution in [2.75, 3.05) is 32.8 Å². The number of aromatic hydroxyl groups is 1. The molecule has 5 atom stereocenters. The van der Waals surface area contributed by atoms with Crippen LogP contribution in [0.5, 0.6) is 5.88 Å². The monoisotopic (exact) mass is 656 g/mol. The van der Waals surface area contributed by atoms with E-state index in [0.29, 0.717) is 29.6 Å². The summed E-state index contributed by atoms with van der Waals surface area (Å²) in [7, 11) is -4.12. The van der Waals surface area contributed by atoms with Gasteiger partial charge in [0.2, 0.25) is 10.0 Å². The van der Waals surface area contributed by atoms with Crippen LogP contribution in [0.4, 0.5) is 4.79 Å². The zero-order chi connectivity index (χ0) is 32.8. The number of aliphatic hydroxyl groups is 1. The van der Waals surface area contributed by atoms with E-state index in [0.717, 1.165) is 18.4 Å². The van der Waals surface area contributed by atoms with Gasteiger partial charge in [0, 0.05) is 36.8 Å². The van der Waals surface area contributed by atoms with Crippen LogP contribution in [0.2, 0.25) is 0 Å². The molecule has 1 aromatic heterocycles. The van der Waals surface area contributed by atoms with Crippen molar-refractivity contribution < 1.29 is 37.6 Å². The molecule has 2 aliphatic heterocycles. The lowest BCUT2D eigenvalue weighted by Crippen LogP contribution is -2.51. The highest BCUT2D eigenvalue weighted by Crippen LogP contribution is 2.33. The first-order chi connectivity index (χ1) is 22.1. The Balaban J connectivity index is 1.38. The summed E-state index contributed by atoms with van der Waals surface area (Å²) in [6.07, 6.45) is 0.496. The molecule has 3 aromatic rings. The minimum Gasteiger partial charge on any atom is -0.494 e. The molecule has 4 N–H and O–H groups in total. The molecule has 0 unspecified atom stereocenters. The van der Waals surface area contributed by atoms with E-state index in [1.807, 2.05) is 51.1 Å². The lowest BCUT2D eigenvalue weighted by molar-refractivity contribution is -0.0907. The van der Waals surface area contributed by atoms with E-state index < -0.39 is 34.4 Å². The molecular weight excluding hydrogens is 612 g/mol. The Morgan fingerprint density at radius 3 is 2.72 bits per heavy atom. The second-order valence-electron chi connectivity index (χ2n) is 12.3. The molecule has 3 heterocycles. The van der Waals surface area contributed by atoms with Crippen molar-refractivity contribution in [3.63, 3.8) is 0 Å². The number of amides is 1. The Bertz CT molecular complexity index is 1610. The number of rotatable bonds is 14. The Labute approximate surface area is 269 Å². The maximum absolute atomic E-state index is 14.1. The lowest BCUT2D eigenvalue weighted by atomic mass is 10.0. The number of hydrogen-bond donors (Lipinski definition) is 4. The van der Waals surface area contributed by atoms with Crippen LogP contribution in [0.1, 0.15) is 44.7 Å². The molecular formula is C33H44N4O8S. The number of aliphatic hydroxyl groups excluding tert-OH is 1. The lowest BCUT2D eigenvalue weighted by Gasteiger charge is -2.31. The number of carbonyl (C=O) groups excluding carboxylic acids is 1. The molecule has 0 aliphatic carbocycles. The Kier molecular flexibility index (Phi) is 11.0. The quantitative estimate of drug-likeness (QED) is 0.191. The SMILES string of the molecule is CCCN=Cc1c(O)[nH]c2ccc(S(=O)(=O)N(CC(C)C)C[C@@H](O)[C@H](Cc3ccccc3)NC(=O)O[C@H]3CO[C@H]4OCC[C@H]43)cc12. The van der Waals surface area contributed by atoms with Gasteiger partial charge in [0.25, 0.3) is 0 Å². The number of alkyl carbamates (subject to hydrolysis) is 1. The van der Waals surface area contributed by atoms with Crippen LogP contribution < -0.4 is 5.32 Å². The fourth-order valence-corrected chi connectivity index (χ4v) is 7.59. The van der Waals surface area contributed by atoms with Gasteiger partial charge in [-0.2, -0.15) is 4.31 Å². The van der Waals surface area contributed by atoms with Crippen molar-refractivity contribution in [2.45, 2.75) is 69.5 Å². The summed E-state index contributed by atoms with van der Waals surface area (Å²) in [5, 5.41) is 25.4. The molecule has 46 heavy (non-hydrogen) atoms. The van der Waals surface area contributed by atoms with E-state index in [1.54, 1.807) is 12.3 Å². The molecule has 2 aromatic carbocycles. The van der Waals surface area contributed by atoms with Crippen LogP contribution in [-0.4, -0.2) is 97.6 Å². The van der Waals surface area contributed by atoms with Crippen LogP contribution in [0.25, 0.3) is 10.9 Å². The maximum atomic E-state index is 14.1. The number of carbonyl (C=O) groups is 1. The third-order valence-electron chi connectivity index (χ3n) is 8.27. The van der Waals surface area contributed by atoms with E-state index in [4.69, 9.17) is 14.2 Å². The smallest absolute Gasteiger partial charge is 0.407 e. The second kappa shape index (κ2) is 14.9. The first kappa shape index (κ1) is 33.9. The van der Waals surface area contributed by atoms with E-state index in [-0.39, 0.29) is 55.0 Å². The molecule has 0 saturated carbocycles. The zero-order valence-electron chi connectivity index (χ0n) is 26.5. The van der Waals surface area contributed by atoms with Crippen LogP contribution in [0.15, 0.2) is 58.4 Å². The van der Waals surface area contributed by atoms with Gasteiger partial charge in [-0.3, -0.25) is 4.99 Å². The van der Waals surface area contributed by atoms with Crippen molar-refractivity contribution in [2.24, 2.45) is 16.8 Å². The molecule has 2 aliphatic rings. The Hall–Kier alpha value is -3.49. The first-order valence-corrected chi connectivity index (χ1v) is 17.3. The molecule has 0 radical (unpaired) electrons. The van der Waals surface area contributed by atoms with Gasteiger partial charge in [0.15, 0.2) is 12.2 Å². The number of sulfonamides is 1. The van der Waals surface area contributed by atoms with Crippen molar-refractivity contribution in [1.82, 2.24) is 14.6 Å². The largest absolute Gasteiger partial charge is 0.494 e. The number of ether oxygens (including phenoxy) is 3. The number of H-pyrrole nitrogens is 1. The highest BCUT2D eigenvalue weighted by molar-refractivity contribution is 7.89. The highest BCUT2D eigenvalue weighted by atomic mass is 32.2. The molecule has 2 fully saturated rings. The van der Waals surface area contributed by atoms with Crippen LogP contribution in [-0.2, 0) is 30.7 Å². The minimum atomic E-state index is -4.12. The average molecular weight is 657 g/mol. The van der Waals surface area contributed by atoms with E-state index in [2.05, 4.69) is 15.3 Å². The van der Waals surface area contributed by atoms with Gasteiger partial charge >= 0.3 is 6.09 Å². The molecule has 12 nitrogen and oxygen atoms in total. The topological polar surface area (TPSA) is 163 Å². The number of hydrogen-bond acceptors (Lipinski definition) is 9. The standard InChI is InChI=1S/C33H44N4O8S/c1-4-13-34-17-26-25-16-23(10-11-27(25)35-31(26)39)46(41,42)37(18-21(2)3)19-29(38)28(15-22-8-6-5-7-9-22)36-33(40)45-30-20-44-32-24(30)12-14-43-32/h5-11,16-17,21,24,28-30,32,35,38-39H,4,12-15,18-20H2,1-3H3,(H,36,40)/t24-,28-,29+,30-,32+/m0/s1. The van der Waals surface area contributed by atoms with Gasteiger partial charge in [-0.25, -0.2) is 13.2 Å². The van der Waals surface area contributed by atoms with Crippen LogP contribution >= 0.6 is 0 Å². The molecule has 250 valence electrons. The average Bonchev–Trinajstić information content (AvgIpc) is 3.72. The highest BCUT2D eigenvalue weighted by Gasteiger charge is 2.44. The number of benzene rings is 2. The number of fused-ring (bicyclic) bond motifs is 2. The molecule has 13 heteroatoms. The molecule has 0 spiro atoms. The van der Waals surface area contributed by atoms with Gasteiger partial charge in [-0.1, -0.05) is 51.1 Å². The molecule has 1 amide bonds. The summed E-state index contributed by atoms with van der Waals surface area (Å²) in [6, 6.07) is 13.1. The van der Waals surface area contributed by atoms with Crippen molar-refractivity contribution in [3.8, 4) is 5.88 Å². The minimum absolute atomic E-state index is 0.0125. The number of aromatic nitrogens is 1. The summed E-state index contributed by atoms with van der Waals surface area (Å²) < 4.78 is 46.3. The Morgan fingerprint density at radius 1 is 1.20 bits per heavy atom. The molecule has 5 rings (SSSR count). The van der Waals surface area contributed by atoms with Crippen molar-refractivity contribution >= 4 is 33.2 Å². The van der Waals surface area contributed by atoms with Crippen LogP contribution in [0.3, 0.4) is 0 Å². The number of nitrogens with zero attached hydrogens (tertiary/aromatic N) is 2. The van der Waals surface area contributed by atoms with Gasteiger partial charge in [0.1, 0.15) is 6.10 Å². The third kappa shape index (κ3) is 7.89. The van der Waals surface area contributed by atoms with Gasteiger partial charge in [-0.05, 0) is 48.9 Å². The third-order valence-corrected chi connectivity index (χ3v) is 10.1. The van der Waals surface area contributed by atoms with Gasteiger partial charge < -0.3 is 34.7 Å². The fourth-order valence-electron chi connectivity index (χ4n) is 5.94. The van der Waals surface area contributed by atoms with E-state index in [1.165, 1.54) is 16.4 Å². The summed E-state index contributed by atoms with van der Waals surface area (Å²) in [5.74, 6) is -0.207. The zero-order valence-corrected chi connectivity index (χ0v) is 27.3. The van der Waals surface area contributed by atoms with Crippen molar-refractivity contribution in [3.05, 3.63) is 59.7 Å². The van der Waals surface area contributed by atoms with Gasteiger partial charge in [-0.15, -0.1) is 0 Å². The molecule has 0 bridgehead atoms. The first-order valence-electron chi connectivity index (χ1n) is 15.8. The normalized spacial score (nSPS) is 21.3. The fraction of sp³-hybridized carbons (Fsp3) is 0.515. The van der Waals surface area contributed by atoms with Crippen LogP contribution in [0, 0.1) is 11.8 Å². The second-order valence-corrected chi connectivity index (χ2v) is 14.3. The van der Waals surface area contributed by atoms with E-state index in [9.17, 15) is 23.4 Å². The maximum Gasteiger partial charge on any atom is 0.407 e. The summed E-state index contributed by atoms with van der Waals surface area (Å²) in [5.41, 5.74) is 1.83. The summed E-state index contributed by atoms with van der Waals surface area (Å²) >= 11 is 0. The summed E-state index contributed by atoms with van der Waals surface area (Å²) in [4.78, 5) is 20.3. The number of nitrogens with one attached hydrogen (secondary N) is 2. The Morgan fingerprint density at radius 2 is 1.98 bits per heavy atom. The molecule has 2 saturated heterocycles.